The van der Waals surface area contributed by atoms with Crippen molar-refractivity contribution in [1.82, 2.24) is 5.32 Å². The Morgan fingerprint density at radius 1 is 1.35 bits per heavy atom. The van der Waals surface area contributed by atoms with Crippen LogP contribution < -0.4 is 5.32 Å². The highest BCUT2D eigenvalue weighted by atomic mass is 32.2. The molecule has 1 saturated carbocycles. The molecule has 5 heteroatoms. The van der Waals surface area contributed by atoms with Gasteiger partial charge >= 0.3 is 0 Å². The molecule has 0 radical (unpaired) electrons. The summed E-state index contributed by atoms with van der Waals surface area (Å²) in [7, 11) is -3.22. The van der Waals surface area contributed by atoms with Crippen LogP contribution in [0, 0.1) is 0 Å². The number of rotatable bonds is 5. The fourth-order valence-corrected chi connectivity index (χ4v) is 3.17. The fourth-order valence-electron chi connectivity index (χ4n) is 2.16. The Bertz CT molecular complexity index is 532. The molecule has 1 aliphatic rings. The molecule has 0 aliphatic heterocycles. The molecule has 17 heavy (non-hydrogen) atoms. The first-order valence-corrected chi connectivity index (χ1v) is 7.35. The number of hydrogen-bond acceptors (Lipinski definition) is 3. The van der Waals surface area contributed by atoms with E-state index in [4.69, 9.17) is 0 Å². The smallest absolute Gasteiger partial charge is 0.207 e. The van der Waals surface area contributed by atoms with Gasteiger partial charge in [-0.25, -0.2) is 8.42 Å². The molecule has 1 fully saturated rings. The van der Waals surface area contributed by atoms with Gasteiger partial charge in [-0.15, -0.1) is 0 Å². The van der Waals surface area contributed by atoms with Crippen molar-refractivity contribution in [2.24, 2.45) is 0 Å². The Balaban J connectivity index is 2.43. The van der Waals surface area contributed by atoms with Crippen LogP contribution in [0.1, 0.15) is 18.4 Å². The summed E-state index contributed by atoms with van der Waals surface area (Å²) in [5.74, 6) is 0. The molecule has 2 rings (SSSR count). The molecule has 0 spiro atoms. The molecule has 0 saturated heterocycles. The minimum Gasteiger partial charge on any atom is -0.358 e. The average molecular weight is 253 g/mol. The topological polar surface area (TPSA) is 63.2 Å². The van der Waals surface area contributed by atoms with Crippen LogP contribution >= 0.6 is 0 Å². The van der Waals surface area contributed by atoms with Gasteiger partial charge in [0.2, 0.25) is 6.41 Å². The second kappa shape index (κ2) is 4.14. The molecule has 0 atom stereocenters. The molecule has 0 unspecified atom stereocenters. The lowest BCUT2D eigenvalue weighted by Crippen LogP contribution is -2.27. The standard InChI is InChI=1S/C12H15NO3S/c1-17(15,16)11-5-3-2-4-10(11)12(6-7-12)8-13-9-14/h2-5,9H,6-8H2,1H3,(H,13,14). The van der Waals surface area contributed by atoms with E-state index in [1.54, 1.807) is 12.1 Å². The number of carbonyl (C=O) groups is 1. The first-order chi connectivity index (χ1) is 7.99. The van der Waals surface area contributed by atoms with Crippen LogP contribution in [0.3, 0.4) is 0 Å². The lowest BCUT2D eigenvalue weighted by atomic mass is 9.96. The molecule has 1 N–H and O–H groups in total. The number of carbonyl (C=O) groups excluding carboxylic acids is 1. The van der Waals surface area contributed by atoms with Gasteiger partial charge in [-0.05, 0) is 24.5 Å². The second-order valence-electron chi connectivity index (χ2n) is 4.55. The first-order valence-electron chi connectivity index (χ1n) is 5.46. The van der Waals surface area contributed by atoms with Crippen LogP contribution in [0.4, 0.5) is 0 Å². The number of hydrogen-bond donors (Lipinski definition) is 1. The van der Waals surface area contributed by atoms with Gasteiger partial charge in [0.05, 0.1) is 4.90 Å². The number of benzene rings is 1. The monoisotopic (exact) mass is 253 g/mol. The molecule has 0 bridgehead atoms. The van der Waals surface area contributed by atoms with E-state index in [1.807, 2.05) is 12.1 Å². The van der Waals surface area contributed by atoms with E-state index in [0.29, 0.717) is 17.9 Å². The van der Waals surface area contributed by atoms with Crippen molar-refractivity contribution in [3.63, 3.8) is 0 Å². The second-order valence-corrected chi connectivity index (χ2v) is 6.53. The fraction of sp³-hybridized carbons (Fsp3) is 0.417. The van der Waals surface area contributed by atoms with Gasteiger partial charge in [0.15, 0.2) is 9.84 Å². The summed E-state index contributed by atoms with van der Waals surface area (Å²) < 4.78 is 23.4. The Hall–Kier alpha value is -1.36. The molecular weight excluding hydrogens is 238 g/mol. The largest absolute Gasteiger partial charge is 0.358 e. The van der Waals surface area contributed by atoms with Crippen LogP contribution in [0.2, 0.25) is 0 Å². The Labute approximate surface area is 101 Å². The normalized spacial score (nSPS) is 17.5. The summed E-state index contributed by atoms with van der Waals surface area (Å²) in [6.45, 7) is 0.503. The van der Waals surface area contributed by atoms with Crippen molar-refractivity contribution >= 4 is 16.2 Å². The molecule has 0 heterocycles. The summed E-state index contributed by atoms with van der Waals surface area (Å²) in [5, 5.41) is 2.65. The number of sulfone groups is 1. The molecule has 1 aromatic carbocycles. The van der Waals surface area contributed by atoms with Gasteiger partial charge < -0.3 is 5.32 Å². The van der Waals surface area contributed by atoms with Crippen LogP contribution in [-0.2, 0) is 20.0 Å². The predicted octanol–water partition coefficient (Wildman–Crippen LogP) is 0.868. The van der Waals surface area contributed by atoms with Crippen molar-refractivity contribution in [3.05, 3.63) is 29.8 Å². The minimum absolute atomic E-state index is 0.180. The number of amides is 1. The van der Waals surface area contributed by atoms with Crippen LogP contribution in [-0.4, -0.2) is 27.6 Å². The summed E-state index contributed by atoms with van der Waals surface area (Å²) in [5.41, 5.74) is 0.650. The van der Waals surface area contributed by atoms with Gasteiger partial charge in [-0.2, -0.15) is 0 Å². The quantitative estimate of drug-likeness (QED) is 0.792. The van der Waals surface area contributed by atoms with Crippen LogP contribution in [0.25, 0.3) is 0 Å². The highest BCUT2D eigenvalue weighted by molar-refractivity contribution is 7.90. The summed E-state index contributed by atoms with van der Waals surface area (Å²) in [6, 6.07) is 7.04. The molecule has 1 aromatic rings. The Kier molecular flexibility index (Phi) is 2.95. The minimum atomic E-state index is -3.22. The third-order valence-electron chi connectivity index (χ3n) is 3.24. The third-order valence-corrected chi connectivity index (χ3v) is 4.39. The van der Waals surface area contributed by atoms with Gasteiger partial charge in [-0.3, -0.25) is 4.79 Å². The SMILES string of the molecule is CS(=O)(=O)c1ccccc1C1(CNC=O)CC1. The lowest BCUT2D eigenvalue weighted by Gasteiger charge is -2.18. The van der Waals surface area contributed by atoms with E-state index in [9.17, 15) is 13.2 Å². The van der Waals surface area contributed by atoms with Crippen molar-refractivity contribution < 1.29 is 13.2 Å². The average Bonchev–Trinajstić information content (AvgIpc) is 3.06. The van der Waals surface area contributed by atoms with Crippen molar-refractivity contribution in [1.29, 1.82) is 0 Å². The van der Waals surface area contributed by atoms with E-state index in [1.165, 1.54) is 6.26 Å². The van der Waals surface area contributed by atoms with Crippen molar-refractivity contribution in [3.8, 4) is 0 Å². The van der Waals surface area contributed by atoms with E-state index < -0.39 is 9.84 Å². The Morgan fingerprint density at radius 2 is 2.00 bits per heavy atom. The number of nitrogens with one attached hydrogen (secondary N) is 1. The molecule has 1 amide bonds. The van der Waals surface area contributed by atoms with Crippen LogP contribution in [0.15, 0.2) is 29.2 Å². The van der Waals surface area contributed by atoms with E-state index >= 15 is 0 Å². The molecule has 1 aliphatic carbocycles. The Morgan fingerprint density at radius 3 is 2.53 bits per heavy atom. The summed E-state index contributed by atoms with van der Waals surface area (Å²) >= 11 is 0. The zero-order chi connectivity index (χ0) is 12.5. The van der Waals surface area contributed by atoms with E-state index in [2.05, 4.69) is 5.32 Å². The van der Waals surface area contributed by atoms with Gasteiger partial charge in [0.1, 0.15) is 0 Å². The molecular formula is C12H15NO3S. The zero-order valence-electron chi connectivity index (χ0n) is 9.64. The van der Waals surface area contributed by atoms with Crippen LogP contribution in [0.5, 0.6) is 0 Å². The van der Waals surface area contributed by atoms with Crippen molar-refractivity contribution in [2.45, 2.75) is 23.2 Å². The van der Waals surface area contributed by atoms with E-state index in [0.717, 1.165) is 18.4 Å². The van der Waals surface area contributed by atoms with Gasteiger partial charge in [-0.1, -0.05) is 18.2 Å². The maximum Gasteiger partial charge on any atom is 0.207 e. The first kappa shape index (κ1) is 12.1. The van der Waals surface area contributed by atoms with E-state index in [-0.39, 0.29) is 5.41 Å². The third kappa shape index (κ3) is 2.34. The molecule has 0 aromatic heterocycles. The van der Waals surface area contributed by atoms with Gasteiger partial charge in [0.25, 0.3) is 0 Å². The zero-order valence-corrected chi connectivity index (χ0v) is 10.5. The predicted molar refractivity (Wildman–Crippen MR) is 64.5 cm³/mol. The maximum atomic E-state index is 11.7. The van der Waals surface area contributed by atoms with Gasteiger partial charge in [0, 0.05) is 18.2 Å². The molecule has 92 valence electrons. The maximum absolute atomic E-state index is 11.7. The highest BCUT2D eigenvalue weighted by Gasteiger charge is 2.46. The van der Waals surface area contributed by atoms with Crippen molar-refractivity contribution in [2.75, 3.05) is 12.8 Å². The molecule has 4 nitrogen and oxygen atoms in total. The lowest BCUT2D eigenvalue weighted by molar-refractivity contribution is -0.109. The summed E-state index contributed by atoms with van der Waals surface area (Å²) in [6.07, 6.45) is 3.71. The highest BCUT2D eigenvalue weighted by Crippen LogP contribution is 2.49. The summed E-state index contributed by atoms with van der Waals surface area (Å²) in [4.78, 5) is 10.7.